The van der Waals surface area contributed by atoms with Crippen LogP contribution in [0, 0.1) is 0 Å². The molecule has 0 saturated heterocycles. The van der Waals surface area contributed by atoms with Crippen LogP contribution in [0.3, 0.4) is 0 Å². The molecule has 6 heteroatoms. The lowest BCUT2D eigenvalue weighted by Gasteiger charge is -2.17. The largest absolute Gasteiger partial charge is 0.326 e. The zero-order valence-electron chi connectivity index (χ0n) is 11.4. The van der Waals surface area contributed by atoms with Crippen LogP contribution in [0.4, 0.5) is 5.69 Å². The Morgan fingerprint density at radius 3 is 2.11 bits per heavy atom. The number of nitrogens with zero attached hydrogens (tertiary/aromatic N) is 1. The molecule has 110 valence electrons. The molecule has 0 saturated carbocycles. The standard InChI is InChI=1S/C13H21N3O.2ClH/c1-3-16(4-2)10-13(17)15-12-7-5-11(9-14)6-8-12;;/h5-8H,3-4,9-10,14H2,1-2H3,(H,15,17);2*1H. The second kappa shape index (κ2) is 11.1. The molecule has 0 spiro atoms. The van der Waals surface area contributed by atoms with Crippen LogP contribution in [0.1, 0.15) is 19.4 Å². The summed E-state index contributed by atoms with van der Waals surface area (Å²) in [6.07, 6.45) is 0. The van der Waals surface area contributed by atoms with E-state index >= 15 is 0 Å². The number of likely N-dealkylation sites (N-methyl/N-ethyl adjacent to an activating group) is 1. The van der Waals surface area contributed by atoms with Gasteiger partial charge in [0.25, 0.3) is 0 Å². The summed E-state index contributed by atoms with van der Waals surface area (Å²) in [5.41, 5.74) is 7.39. The first-order valence-corrected chi connectivity index (χ1v) is 6.00. The Morgan fingerprint density at radius 1 is 1.16 bits per heavy atom. The van der Waals surface area contributed by atoms with Crippen molar-refractivity contribution in [3.05, 3.63) is 29.8 Å². The summed E-state index contributed by atoms with van der Waals surface area (Å²) in [7, 11) is 0. The summed E-state index contributed by atoms with van der Waals surface area (Å²) in [6.45, 7) is 6.82. The number of anilines is 1. The van der Waals surface area contributed by atoms with Gasteiger partial charge in [-0.05, 0) is 30.8 Å². The molecule has 0 bridgehead atoms. The van der Waals surface area contributed by atoms with Crippen molar-refractivity contribution in [2.45, 2.75) is 20.4 Å². The third-order valence-corrected chi connectivity index (χ3v) is 2.74. The van der Waals surface area contributed by atoms with Crippen molar-refractivity contribution in [1.29, 1.82) is 0 Å². The molecule has 1 rings (SSSR count). The maximum absolute atomic E-state index is 11.7. The van der Waals surface area contributed by atoms with Crippen molar-refractivity contribution in [2.75, 3.05) is 25.0 Å². The highest BCUT2D eigenvalue weighted by Gasteiger charge is 2.07. The second-order valence-corrected chi connectivity index (χ2v) is 3.91. The van der Waals surface area contributed by atoms with Crippen molar-refractivity contribution >= 4 is 36.4 Å². The number of carbonyl (C=O) groups is 1. The molecule has 1 aromatic carbocycles. The number of rotatable bonds is 6. The number of nitrogens with one attached hydrogen (secondary N) is 1. The Bertz CT molecular complexity index is 353. The quantitative estimate of drug-likeness (QED) is 0.847. The van der Waals surface area contributed by atoms with Crippen molar-refractivity contribution in [3.63, 3.8) is 0 Å². The highest BCUT2D eigenvalue weighted by atomic mass is 35.5. The number of hydrogen-bond acceptors (Lipinski definition) is 3. The van der Waals surface area contributed by atoms with Gasteiger partial charge < -0.3 is 11.1 Å². The Labute approximate surface area is 127 Å². The molecule has 0 unspecified atom stereocenters. The van der Waals surface area contributed by atoms with Gasteiger partial charge in [0.2, 0.25) is 5.91 Å². The van der Waals surface area contributed by atoms with Crippen molar-refractivity contribution in [1.82, 2.24) is 4.90 Å². The van der Waals surface area contributed by atoms with Crippen molar-refractivity contribution < 1.29 is 4.79 Å². The van der Waals surface area contributed by atoms with E-state index in [9.17, 15) is 4.79 Å². The van der Waals surface area contributed by atoms with E-state index in [4.69, 9.17) is 5.73 Å². The van der Waals surface area contributed by atoms with Gasteiger partial charge in [-0.15, -0.1) is 24.8 Å². The van der Waals surface area contributed by atoms with Crippen molar-refractivity contribution in [2.24, 2.45) is 5.73 Å². The van der Waals surface area contributed by atoms with Crippen LogP contribution < -0.4 is 11.1 Å². The molecule has 0 heterocycles. The molecular formula is C13H23Cl2N3O. The predicted molar refractivity (Wildman–Crippen MR) is 85.2 cm³/mol. The van der Waals surface area contributed by atoms with Crippen LogP contribution in [-0.4, -0.2) is 30.4 Å². The van der Waals surface area contributed by atoms with Gasteiger partial charge in [-0.1, -0.05) is 26.0 Å². The Balaban J connectivity index is 0. The summed E-state index contributed by atoms with van der Waals surface area (Å²) in [5, 5.41) is 2.87. The molecule has 0 aromatic heterocycles. The third kappa shape index (κ3) is 7.38. The number of amides is 1. The van der Waals surface area contributed by atoms with E-state index in [1.54, 1.807) is 0 Å². The zero-order valence-corrected chi connectivity index (χ0v) is 13.0. The van der Waals surface area contributed by atoms with Crippen LogP contribution in [0.25, 0.3) is 0 Å². The first-order valence-electron chi connectivity index (χ1n) is 6.00. The fourth-order valence-corrected chi connectivity index (χ4v) is 1.57. The molecule has 3 N–H and O–H groups in total. The number of carbonyl (C=O) groups excluding carboxylic acids is 1. The lowest BCUT2D eigenvalue weighted by molar-refractivity contribution is -0.117. The molecule has 0 aliphatic rings. The number of hydrogen-bond donors (Lipinski definition) is 2. The minimum atomic E-state index is 0. The minimum Gasteiger partial charge on any atom is -0.326 e. The van der Waals surface area contributed by atoms with E-state index in [1.165, 1.54) is 0 Å². The first kappa shape index (κ1) is 20.5. The molecule has 0 radical (unpaired) electrons. The SMILES string of the molecule is CCN(CC)CC(=O)Nc1ccc(CN)cc1.Cl.Cl. The summed E-state index contributed by atoms with van der Waals surface area (Å²) >= 11 is 0. The second-order valence-electron chi connectivity index (χ2n) is 3.91. The van der Waals surface area contributed by atoms with E-state index in [-0.39, 0.29) is 30.7 Å². The molecule has 19 heavy (non-hydrogen) atoms. The molecular weight excluding hydrogens is 285 g/mol. The predicted octanol–water partition coefficient (Wildman–Crippen LogP) is 2.27. The Hall–Kier alpha value is -0.810. The number of nitrogens with two attached hydrogens (primary N) is 1. The first-order chi connectivity index (χ1) is 8.19. The van der Waals surface area contributed by atoms with Gasteiger partial charge in [0.1, 0.15) is 0 Å². The van der Waals surface area contributed by atoms with E-state index in [0.29, 0.717) is 13.1 Å². The summed E-state index contributed by atoms with van der Waals surface area (Å²) in [5.74, 6) is 0.0224. The molecule has 1 aromatic rings. The molecule has 0 fully saturated rings. The molecule has 0 atom stereocenters. The van der Waals surface area contributed by atoms with E-state index in [1.807, 2.05) is 38.1 Å². The third-order valence-electron chi connectivity index (χ3n) is 2.74. The van der Waals surface area contributed by atoms with E-state index in [2.05, 4.69) is 10.2 Å². The Kier molecular flexibility index (Phi) is 11.9. The summed E-state index contributed by atoms with van der Waals surface area (Å²) in [4.78, 5) is 13.8. The highest BCUT2D eigenvalue weighted by Crippen LogP contribution is 2.08. The van der Waals surface area contributed by atoms with E-state index < -0.39 is 0 Å². The number of benzene rings is 1. The molecule has 4 nitrogen and oxygen atoms in total. The van der Waals surface area contributed by atoms with Gasteiger partial charge in [-0.2, -0.15) is 0 Å². The van der Waals surface area contributed by atoms with E-state index in [0.717, 1.165) is 24.3 Å². The van der Waals surface area contributed by atoms with Crippen molar-refractivity contribution in [3.8, 4) is 0 Å². The average Bonchev–Trinajstić information content (AvgIpc) is 2.37. The maximum Gasteiger partial charge on any atom is 0.238 e. The molecule has 1 amide bonds. The molecule has 0 aliphatic heterocycles. The maximum atomic E-state index is 11.7. The van der Waals surface area contributed by atoms with Gasteiger partial charge in [-0.3, -0.25) is 9.69 Å². The smallest absolute Gasteiger partial charge is 0.238 e. The van der Waals surface area contributed by atoms with Crippen LogP contribution in [0.5, 0.6) is 0 Å². The highest BCUT2D eigenvalue weighted by molar-refractivity contribution is 5.92. The average molecular weight is 308 g/mol. The fraction of sp³-hybridized carbons (Fsp3) is 0.462. The van der Waals surface area contributed by atoms with Gasteiger partial charge in [0.15, 0.2) is 0 Å². The lowest BCUT2D eigenvalue weighted by atomic mass is 10.2. The van der Waals surface area contributed by atoms with Crippen LogP contribution in [0.2, 0.25) is 0 Å². The van der Waals surface area contributed by atoms with Gasteiger partial charge in [-0.25, -0.2) is 0 Å². The minimum absolute atomic E-state index is 0. The number of halogens is 2. The van der Waals surface area contributed by atoms with Gasteiger partial charge in [0, 0.05) is 12.2 Å². The lowest BCUT2D eigenvalue weighted by Crippen LogP contribution is -2.32. The molecule has 0 aliphatic carbocycles. The normalized spacial score (nSPS) is 9.47. The van der Waals surface area contributed by atoms with Gasteiger partial charge in [0.05, 0.1) is 6.54 Å². The summed E-state index contributed by atoms with van der Waals surface area (Å²) < 4.78 is 0. The fourth-order valence-electron chi connectivity index (χ4n) is 1.57. The summed E-state index contributed by atoms with van der Waals surface area (Å²) in [6, 6.07) is 7.60. The Morgan fingerprint density at radius 2 is 1.68 bits per heavy atom. The monoisotopic (exact) mass is 307 g/mol. The zero-order chi connectivity index (χ0) is 12.7. The van der Waals surface area contributed by atoms with Crippen LogP contribution >= 0.6 is 24.8 Å². The van der Waals surface area contributed by atoms with Gasteiger partial charge >= 0.3 is 0 Å². The van der Waals surface area contributed by atoms with Crippen LogP contribution in [-0.2, 0) is 11.3 Å². The topological polar surface area (TPSA) is 58.4 Å². The van der Waals surface area contributed by atoms with Crippen LogP contribution in [0.15, 0.2) is 24.3 Å².